The average Bonchev–Trinajstić information content (AvgIpc) is 3.39. The number of fused-ring (bicyclic) bond motifs is 2. The number of para-hydroxylation sites is 1. The summed E-state index contributed by atoms with van der Waals surface area (Å²) < 4.78 is 8.17. The van der Waals surface area contributed by atoms with E-state index in [2.05, 4.69) is 50.8 Å². The van der Waals surface area contributed by atoms with Crippen molar-refractivity contribution >= 4 is 16.6 Å². The molecule has 7 heteroatoms. The van der Waals surface area contributed by atoms with Crippen LogP contribution in [0.1, 0.15) is 37.8 Å². The summed E-state index contributed by atoms with van der Waals surface area (Å²) in [6, 6.07) is 14.7. The summed E-state index contributed by atoms with van der Waals surface area (Å²) >= 11 is 0. The van der Waals surface area contributed by atoms with Crippen LogP contribution in [0, 0.1) is 11.8 Å². The van der Waals surface area contributed by atoms with Crippen LogP contribution in [0.25, 0.3) is 28.1 Å². The van der Waals surface area contributed by atoms with Crippen LogP contribution >= 0.6 is 0 Å². The Hall–Kier alpha value is -3.03. The number of aromatic nitrogens is 4. The molecule has 2 atom stereocenters. The highest BCUT2D eigenvalue weighted by atomic mass is 16.5. The van der Waals surface area contributed by atoms with Crippen LogP contribution in [0.3, 0.4) is 0 Å². The molecule has 2 N–H and O–H groups in total. The lowest BCUT2D eigenvalue weighted by molar-refractivity contribution is 0.253. The van der Waals surface area contributed by atoms with Crippen LogP contribution < -0.4 is 10.5 Å². The lowest BCUT2D eigenvalue weighted by Crippen LogP contribution is -2.26. The van der Waals surface area contributed by atoms with Gasteiger partial charge in [-0.3, -0.25) is 9.30 Å². The summed E-state index contributed by atoms with van der Waals surface area (Å²) in [7, 11) is 0. The number of likely N-dealkylation sites (tertiary alicyclic amines) is 1. The Morgan fingerprint density at radius 2 is 1.97 bits per heavy atom. The summed E-state index contributed by atoms with van der Waals surface area (Å²) in [5, 5.41) is 9.96. The number of nitrogens with zero attached hydrogens (tertiary/aromatic N) is 5. The van der Waals surface area contributed by atoms with Gasteiger partial charge in [-0.1, -0.05) is 24.3 Å². The van der Waals surface area contributed by atoms with Gasteiger partial charge >= 0.3 is 0 Å². The van der Waals surface area contributed by atoms with Gasteiger partial charge in [0.05, 0.1) is 6.61 Å². The van der Waals surface area contributed by atoms with Crippen molar-refractivity contribution in [2.75, 3.05) is 26.2 Å². The van der Waals surface area contributed by atoms with E-state index in [1.807, 2.05) is 24.3 Å². The van der Waals surface area contributed by atoms with Crippen molar-refractivity contribution in [3.63, 3.8) is 0 Å². The van der Waals surface area contributed by atoms with Crippen molar-refractivity contribution in [3.8, 4) is 17.3 Å². The molecule has 0 bridgehead atoms. The molecule has 4 aromatic rings. The lowest BCUT2D eigenvalue weighted by atomic mass is 10.1. The van der Waals surface area contributed by atoms with E-state index in [4.69, 9.17) is 15.5 Å². The van der Waals surface area contributed by atoms with Crippen LogP contribution in [0.2, 0.25) is 0 Å². The second-order valence-electron chi connectivity index (χ2n) is 9.55. The van der Waals surface area contributed by atoms with Crippen LogP contribution in [-0.2, 0) is 0 Å². The van der Waals surface area contributed by atoms with Crippen molar-refractivity contribution in [2.24, 2.45) is 17.6 Å². The Morgan fingerprint density at radius 3 is 2.79 bits per heavy atom. The molecule has 33 heavy (non-hydrogen) atoms. The smallest absolute Gasteiger partial charge is 0.187 e. The maximum atomic E-state index is 6.11. The van der Waals surface area contributed by atoms with Gasteiger partial charge in [-0.15, -0.1) is 10.2 Å². The molecule has 3 aromatic heterocycles. The van der Waals surface area contributed by atoms with Gasteiger partial charge in [0, 0.05) is 24.2 Å². The number of nitrogens with two attached hydrogens (primary N) is 1. The Balaban J connectivity index is 1.35. The SMILES string of the molecule is CC(c1ccc2nnc(-c3ccc4cccc(OCC5CC5)c4n3)n2c1)N1CC[C@@H](CN)C1. The molecule has 1 unspecified atom stereocenters. The van der Waals surface area contributed by atoms with Gasteiger partial charge < -0.3 is 10.5 Å². The Bertz CT molecular complexity index is 1300. The van der Waals surface area contributed by atoms with E-state index in [1.54, 1.807) is 0 Å². The fraction of sp³-hybridized carbons (Fsp3) is 0.423. The van der Waals surface area contributed by atoms with Crippen molar-refractivity contribution in [2.45, 2.75) is 32.2 Å². The molecule has 6 rings (SSSR count). The highest BCUT2D eigenvalue weighted by molar-refractivity contribution is 5.86. The van der Waals surface area contributed by atoms with E-state index in [9.17, 15) is 0 Å². The first-order chi connectivity index (χ1) is 16.2. The first-order valence-electron chi connectivity index (χ1n) is 12.0. The van der Waals surface area contributed by atoms with Crippen molar-refractivity contribution in [3.05, 3.63) is 54.2 Å². The zero-order valence-electron chi connectivity index (χ0n) is 19.0. The van der Waals surface area contributed by atoms with Gasteiger partial charge in [0.25, 0.3) is 0 Å². The molecule has 7 nitrogen and oxygen atoms in total. The summed E-state index contributed by atoms with van der Waals surface area (Å²) in [6.45, 7) is 5.94. The van der Waals surface area contributed by atoms with Gasteiger partial charge in [0.2, 0.25) is 0 Å². The van der Waals surface area contributed by atoms with E-state index in [-0.39, 0.29) is 0 Å². The molecule has 0 amide bonds. The van der Waals surface area contributed by atoms with Crippen molar-refractivity contribution in [1.82, 2.24) is 24.5 Å². The number of benzene rings is 1. The van der Waals surface area contributed by atoms with E-state index in [0.29, 0.717) is 17.9 Å². The molecule has 1 saturated carbocycles. The number of ether oxygens (including phenoxy) is 1. The number of rotatable bonds is 7. The van der Waals surface area contributed by atoms with E-state index >= 15 is 0 Å². The highest BCUT2D eigenvalue weighted by Crippen LogP contribution is 2.33. The summed E-state index contributed by atoms with van der Waals surface area (Å²) in [5.41, 5.74) is 9.65. The molecule has 1 saturated heterocycles. The fourth-order valence-electron chi connectivity index (χ4n) is 4.80. The van der Waals surface area contributed by atoms with Crippen molar-refractivity contribution < 1.29 is 4.74 Å². The molecule has 0 spiro atoms. The summed E-state index contributed by atoms with van der Waals surface area (Å²) in [4.78, 5) is 7.48. The Labute approximate surface area is 193 Å². The van der Waals surface area contributed by atoms with E-state index < -0.39 is 0 Å². The number of hydrogen-bond acceptors (Lipinski definition) is 6. The number of pyridine rings is 2. The van der Waals surface area contributed by atoms with E-state index in [0.717, 1.165) is 60.1 Å². The molecule has 4 heterocycles. The first kappa shape index (κ1) is 20.6. The second-order valence-corrected chi connectivity index (χ2v) is 9.55. The van der Waals surface area contributed by atoms with Gasteiger partial charge in [-0.05, 0) is 74.9 Å². The monoisotopic (exact) mass is 442 g/mol. The third-order valence-corrected chi connectivity index (χ3v) is 7.19. The van der Waals surface area contributed by atoms with Crippen LogP contribution in [-0.4, -0.2) is 50.7 Å². The second kappa shape index (κ2) is 8.39. The summed E-state index contributed by atoms with van der Waals surface area (Å²) in [6.07, 6.45) is 5.86. The van der Waals surface area contributed by atoms with Crippen molar-refractivity contribution in [1.29, 1.82) is 0 Å². The normalized spacial score (nSPS) is 20.0. The van der Waals surface area contributed by atoms with Crippen LogP contribution in [0.5, 0.6) is 5.75 Å². The Morgan fingerprint density at radius 1 is 1.06 bits per heavy atom. The van der Waals surface area contributed by atoms with Crippen LogP contribution in [0.15, 0.2) is 48.7 Å². The molecule has 1 aliphatic heterocycles. The third-order valence-electron chi connectivity index (χ3n) is 7.19. The lowest BCUT2D eigenvalue weighted by Gasteiger charge is -2.24. The Kier molecular flexibility index (Phi) is 5.23. The highest BCUT2D eigenvalue weighted by Gasteiger charge is 2.26. The average molecular weight is 443 g/mol. The molecule has 2 aliphatic rings. The van der Waals surface area contributed by atoms with Gasteiger partial charge in [-0.25, -0.2) is 4.98 Å². The van der Waals surface area contributed by atoms with Crippen LogP contribution in [0.4, 0.5) is 0 Å². The molecule has 170 valence electrons. The molecule has 0 radical (unpaired) electrons. The fourth-order valence-corrected chi connectivity index (χ4v) is 4.80. The number of hydrogen-bond donors (Lipinski definition) is 1. The molecule has 1 aliphatic carbocycles. The topological polar surface area (TPSA) is 81.6 Å². The largest absolute Gasteiger partial charge is 0.491 e. The first-order valence-corrected chi connectivity index (χ1v) is 12.0. The molecule has 1 aromatic carbocycles. The quantitative estimate of drug-likeness (QED) is 0.465. The molecule has 2 fully saturated rings. The van der Waals surface area contributed by atoms with Gasteiger partial charge in [-0.2, -0.15) is 0 Å². The zero-order chi connectivity index (χ0) is 22.4. The predicted octanol–water partition coefficient (Wildman–Crippen LogP) is 4.07. The maximum Gasteiger partial charge on any atom is 0.187 e. The minimum absolute atomic E-state index is 0.313. The van der Waals surface area contributed by atoms with Gasteiger partial charge in [0.15, 0.2) is 11.5 Å². The van der Waals surface area contributed by atoms with Gasteiger partial charge in [0.1, 0.15) is 17.0 Å². The maximum absolute atomic E-state index is 6.11. The summed E-state index contributed by atoms with van der Waals surface area (Å²) in [5.74, 6) is 2.88. The van der Waals surface area contributed by atoms with E-state index in [1.165, 1.54) is 24.8 Å². The third kappa shape index (κ3) is 3.96. The molecular formula is C26H30N6O. The minimum Gasteiger partial charge on any atom is -0.491 e. The predicted molar refractivity (Wildman–Crippen MR) is 129 cm³/mol. The molecular weight excluding hydrogens is 412 g/mol. The zero-order valence-corrected chi connectivity index (χ0v) is 19.0. The standard InChI is InChI=1S/C26H30N6O/c1-17(31-12-11-19(13-27)14-31)21-8-10-24-29-30-26(32(24)15-21)22-9-7-20-3-2-4-23(25(20)28-22)33-16-18-5-6-18/h2-4,7-10,15,17-19H,5-6,11-14,16,27H2,1H3/t17?,19-/m0/s1. The minimum atomic E-state index is 0.313.